The molecule has 2 aromatic carbocycles. The first-order valence-electron chi connectivity index (χ1n) is 5.96. The highest BCUT2D eigenvalue weighted by Crippen LogP contribution is 2.27. The van der Waals surface area contributed by atoms with E-state index in [2.05, 4.69) is 5.32 Å². The Kier molecular flexibility index (Phi) is 3.96. The number of rotatable bonds is 3. The summed E-state index contributed by atoms with van der Waals surface area (Å²) in [5.74, 6) is -0.0765. The second-order valence-electron chi connectivity index (χ2n) is 4.53. The van der Waals surface area contributed by atoms with Gasteiger partial charge in [0.05, 0.1) is 10.7 Å². The minimum Gasteiger partial charge on any atom is -0.507 e. The molecule has 0 saturated heterocycles. The molecule has 0 fully saturated rings. The zero-order valence-electron chi connectivity index (χ0n) is 10.8. The molecule has 0 saturated carbocycles. The van der Waals surface area contributed by atoms with Gasteiger partial charge in [0.15, 0.2) is 0 Å². The van der Waals surface area contributed by atoms with Gasteiger partial charge in [0.2, 0.25) is 0 Å². The van der Waals surface area contributed by atoms with Crippen LogP contribution >= 0.6 is 11.6 Å². The van der Waals surface area contributed by atoms with Gasteiger partial charge in [-0.3, -0.25) is 0 Å². The van der Waals surface area contributed by atoms with Crippen LogP contribution in [0, 0.1) is 19.7 Å². The van der Waals surface area contributed by atoms with E-state index in [0.29, 0.717) is 23.0 Å². The van der Waals surface area contributed by atoms with Gasteiger partial charge in [0.1, 0.15) is 11.6 Å². The monoisotopic (exact) mass is 279 g/mol. The van der Waals surface area contributed by atoms with Gasteiger partial charge < -0.3 is 10.4 Å². The molecular weight excluding hydrogens is 265 g/mol. The minimum absolute atomic E-state index is 0.299. The Labute approximate surface area is 116 Å². The molecule has 0 spiro atoms. The molecule has 0 amide bonds. The van der Waals surface area contributed by atoms with E-state index in [1.165, 1.54) is 6.07 Å². The third-order valence-electron chi connectivity index (χ3n) is 2.98. The quantitative estimate of drug-likeness (QED) is 0.872. The van der Waals surface area contributed by atoms with Crippen LogP contribution in [0.5, 0.6) is 5.75 Å². The fraction of sp³-hybridized carbons (Fsp3) is 0.200. The number of anilines is 1. The summed E-state index contributed by atoms with van der Waals surface area (Å²) < 4.78 is 13.6. The molecule has 0 atom stereocenters. The second kappa shape index (κ2) is 5.49. The normalized spacial score (nSPS) is 10.5. The van der Waals surface area contributed by atoms with Crippen LogP contribution in [-0.2, 0) is 6.54 Å². The molecule has 0 aliphatic carbocycles. The molecule has 19 heavy (non-hydrogen) atoms. The van der Waals surface area contributed by atoms with Crippen molar-refractivity contribution in [2.24, 2.45) is 0 Å². The van der Waals surface area contributed by atoms with Gasteiger partial charge in [0, 0.05) is 6.54 Å². The number of phenolic OH excluding ortho intramolecular Hbond substituents is 1. The van der Waals surface area contributed by atoms with Crippen LogP contribution in [0.2, 0.25) is 5.02 Å². The summed E-state index contributed by atoms with van der Waals surface area (Å²) in [6.45, 7) is 4.12. The molecule has 0 unspecified atom stereocenters. The Bertz CT molecular complexity index is 570. The highest BCUT2D eigenvalue weighted by molar-refractivity contribution is 6.33. The molecule has 0 aromatic heterocycles. The third-order valence-corrected chi connectivity index (χ3v) is 3.30. The van der Waals surface area contributed by atoms with Gasteiger partial charge in [0.25, 0.3) is 0 Å². The van der Waals surface area contributed by atoms with Crippen molar-refractivity contribution in [1.29, 1.82) is 0 Å². The standard InChI is InChI=1S/C15H15ClFNO/c1-9-6-11(7-10(2)15(9)19)8-18-14-12(16)4-3-5-13(14)17/h3-7,18-19H,8H2,1-2H3. The predicted molar refractivity (Wildman–Crippen MR) is 76.3 cm³/mol. The van der Waals surface area contributed by atoms with Crippen molar-refractivity contribution < 1.29 is 9.50 Å². The lowest BCUT2D eigenvalue weighted by Crippen LogP contribution is -2.03. The van der Waals surface area contributed by atoms with E-state index in [0.717, 1.165) is 16.7 Å². The van der Waals surface area contributed by atoms with Crippen molar-refractivity contribution in [3.63, 3.8) is 0 Å². The number of aryl methyl sites for hydroxylation is 2. The lowest BCUT2D eigenvalue weighted by molar-refractivity contribution is 0.466. The molecule has 0 heterocycles. The fourth-order valence-electron chi connectivity index (χ4n) is 2.00. The van der Waals surface area contributed by atoms with Gasteiger partial charge in [-0.15, -0.1) is 0 Å². The summed E-state index contributed by atoms with van der Waals surface area (Å²) in [7, 11) is 0. The van der Waals surface area contributed by atoms with E-state index in [9.17, 15) is 9.50 Å². The van der Waals surface area contributed by atoms with E-state index in [1.54, 1.807) is 12.1 Å². The summed E-state index contributed by atoms with van der Waals surface area (Å²) in [6.07, 6.45) is 0. The third kappa shape index (κ3) is 2.99. The van der Waals surface area contributed by atoms with Gasteiger partial charge in [-0.1, -0.05) is 29.8 Å². The number of hydrogen-bond donors (Lipinski definition) is 2. The molecule has 100 valence electrons. The Balaban J connectivity index is 2.19. The van der Waals surface area contributed by atoms with Crippen molar-refractivity contribution in [3.05, 3.63) is 57.9 Å². The average molecular weight is 280 g/mol. The summed E-state index contributed by atoms with van der Waals surface area (Å²) >= 11 is 5.94. The summed E-state index contributed by atoms with van der Waals surface area (Å²) in [4.78, 5) is 0. The SMILES string of the molecule is Cc1cc(CNc2c(F)cccc2Cl)cc(C)c1O. The summed E-state index contributed by atoms with van der Waals surface area (Å²) in [5, 5.41) is 13.0. The van der Waals surface area contributed by atoms with Crippen molar-refractivity contribution in [2.75, 3.05) is 5.32 Å². The Morgan fingerprint density at radius 3 is 2.42 bits per heavy atom. The van der Waals surface area contributed by atoms with Gasteiger partial charge in [-0.2, -0.15) is 0 Å². The van der Waals surface area contributed by atoms with Crippen LogP contribution in [0.25, 0.3) is 0 Å². The molecule has 2 aromatic rings. The van der Waals surface area contributed by atoms with Crippen molar-refractivity contribution in [1.82, 2.24) is 0 Å². The van der Waals surface area contributed by atoms with Crippen LogP contribution in [0.3, 0.4) is 0 Å². The molecule has 0 bridgehead atoms. The maximum absolute atomic E-state index is 13.6. The molecule has 0 aliphatic heterocycles. The second-order valence-corrected chi connectivity index (χ2v) is 4.94. The molecular formula is C15H15ClFNO. The number of halogens is 2. The molecule has 0 aliphatic rings. The topological polar surface area (TPSA) is 32.3 Å². The van der Waals surface area contributed by atoms with Gasteiger partial charge in [-0.05, 0) is 42.7 Å². The van der Waals surface area contributed by atoms with E-state index >= 15 is 0 Å². The summed E-state index contributed by atoms with van der Waals surface area (Å²) in [6, 6.07) is 8.30. The lowest BCUT2D eigenvalue weighted by atomic mass is 10.1. The Morgan fingerprint density at radius 1 is 1.21 bits per heavy atom. The predicted octanol–water partition coefficient (Wildman–Crippen LogP) is 4.41. The first-order valence-corrected chi connectivity index (χ1v) is 6.34. The van der Waals surface area contributed by atoms with E-state index < -0.39 is 0 Å². The number of nitrogens with one attached hydrogen (secondary N) is 1. The zero-order chi connectivity index (χ0) is 14.0. The molecule has 4 heteroatoms. The van der Waals surface area contributed by atoms with E-state index in [-0.39, 0.29) is 5.82 Å². The molecule has 2 N–H and O–H groups in total. The van der Waals surface area contributed by atoms with Gasteiger partial charge in [-0.25, -0.2) is 4.39 Å². The van der Waals surface area contributed by atoms with Crippen LogP contribution in [0.4, 0.5) is 10.1 Å². The van der Waals surface area contributed by atoms with Gasteiger partial charge >= 0.3 is 0 Å². The van der Waals surface area contributed by atoms with Crippen molar-refractivity contribution >= 4 is 17.3 Å². The molecule has 2 nitrogen and oxygen atoms in total. The number of phenols is 1. The van der Waals surface area contributed by atoms with Crippen LogP contribution in [0.1, 0.15) is 16.7 Å². The maximum atomic E-state index is 13.6. The maximum Gasteiger partial charge on any atom is 0.147 e. The fourth-order valence-corrected chi connectivity index (χ4v) is 2.23. The highest BCUT2D eigenvalue weighted by atomic mass is 35.5. The van der Waals surface area contributed by atoms with Crippen LogP contribution in [0.15, 0.2) is 30.3 Å². The lowest BCUT2D eigenvalue weighted by Gasteiger charge is -2.11. The molecule has 2 rings (SSSR count). The van der Waals surface area contributed by atoms with Crippen LogP contribution in [-0.4, -0.2) is 5.11 Å². The van der Waals surface area contributed by atoms with E-state index in [4.69, 9.17) is 11.6 Å². The Morgan fingerprint density at radius 2 is 1.84 bits per heavy atom. The number of benzene rings is 2. The Hall–Kier alpha value is -1.74. The first-order chi connectivity index (χ1) is 8.99. The highest BCUT2D eigenvalue weighted by Gasteiger charge is 2.07. The number of para-hydroxylation sites is 1. The van der Waals surface area contributed by atoms with Crippen molar-refractivity contribution in [3.8, 4) is 5.75 Å². The summed E-state index contributed by atoms with van der Waals surface area (Å²) in [5.41, 5.74) is 2.87. The van der Waals surface area contributed by atoms with Crippen molar-refractivity contribution in [2.45, 2.75) is 20.4 Å². The first kappa shape index (κ1) is 13.7. The molecule has 0 radical (unpaired) electrons. The minimum atomic E-state index is -0.375. The zero-order valence-corrected chi connectivity index (χ0v) is 11.6. The number of aromatic hydroxyl groups is 1. The van der Waals surface area contributed by atoms with E-state index in [1.807, 2.05) is 26.0 Å². The van der Waals surface area contributed by atoms with Crippen LogP contribution < -0.4 is 5.32 Å². The smallest absolute Gasteiger partial charge is 0.147 e. The number of hydrogen-bond acceptors (Lipinski definition) is 2. The largest absolute Gasteiger partial charge is 0.507 e. The average Bonchev–Trinajstić information content (AvgIpc) is 2.35.